The molecule has 0 aliphatic carbocycles. The van der Waals surface area contributed by atoms with E-state index in [9.17, 15) is 4.39 Å². The van der Waals surface area contributed by atoms with Gasteiger partial charge in [0.1, 0.15) is 24.3 Å². The second kappa shape index (κ2) is 7.37. The van der Waals surface area contributed by atoms with Crippen LogP contribution in [-0.4, -0.2) is 19.9 Å². The topological polar surface area (TPSA) is 87.4 Å². The van der Waals surface area contributed by atoms with Crippen molar-refractivity contribution >= 4 is 22.5 Å². The Bertz CT molecular complexity index is 1200. The average Bonchev–Trinajstić information content (AvgIpc) is 2.74. The van der Waals surface area contributed by atoms with Crippen LogP contribution in [0.3, 0.4) is 0 Å². The first-order valence-corrected chi connectivity index (χ1v) is 8.60. The van der Waals surface area contributed by atoms with Crippen LogP contribution in [0.15, 0.2) is 54.9 Å². The summed E-state index contributed by atoms with van der Waals surface area (Å²) in [4.78, 5) is 17.6. The summed E-state index contributed by atoms with van der Waals surface area (Å²) in [6, 6.07) is 14.6. The largest absolute Gasteiger partial charge is 0.340 e. The Morgan fingerprint density at radius 3 is 2.68 bits per heavy atom. The number of pyridine rings is 4. The Hall–Kier alpha value is -3.92. The Labute approximate surface area is 160 Å². The highest BCUT2D eigenvalue weighted by Crippen LogP contribution is 2.27. The van der Waals surface area contributed by atoms with Crippen molar-refractivity contribution in [2.75, 3.05) is 5.32 Å². The quantitative estimate of drug-likeness (QED) is 0.570. The van der Waals surface area contributed by atoms with E-state index in [2.05, 4.69) is 31.3 Å². The zero-order chi connectivity index (χ0) is 19.5. The standard InChI is InChI=1S/C21H15FN6/c1-13-2-4-15(11-23)26-20(13)18-6-5-16-17(8-9-24-21(16)28-18)27-19-7-3-14(10-22)12-25-19/h2-9,12H,10H2,1H3,(H,24,25,27,28). The molecule has 0 radical (unpaired) electrons. The number of hydrogen-bond donors (Lipinski definition) is 1. The molecule has 4 aromatic rings. The highest BCUT2D eigenvalue weighted by molar-refractivity contribution is 5.91. The van der Waals surface area contributed by atoms with Crippen LogP contribution in [0.25, 0.3) is 22.4 Å². The van der Waals surface area contributed by atoms with Crippen molar-refractivity contribution in [1.82, 2.24) is 19.9 Å². The van der Waals surface area contributed by atoms with Crippen molar-refractivity contribution in [3.8, 4) is 17.5 Å². The van der Waals surface area contributed by atoms with E-state index in [0.717, 1.165) is 16.6 Å². The molecule has 0 aromatic carbocycles. The third kappa shape index (κ3) is 3.35. The van der Waals surface area contributed by atoms with Crippen molar-refractivity contribution in [1.29, 1.82) is 5.26 Å². The molecule has 4 heterocycles. The number of nitriles is 1. The van der Waals surface area contributed by atoms with E-state index < -0.39 is 6.67 Å². The number of rotatable bonds is 4. The number of hydrogen-bond acceptors (Lipinski definition) is 6. The second-order valence-electron chi connectivity index (χ2n) is 6.21. The van der Waals surface area contributed by atoms with Crippen molar-refractivity contribution in [2.45, 2.75) is 13.6 Å². The van der Waals surface area contributed by atoms with Crippen molar-refractivity contribution in [3.05, 3.63) is 71.7 Å². The summed E-state index contributed by atoms with van der Waals surface area (Å²) in [6.45, 7) is 1.38. The van der Waals surface area contributed by atoms with Crippen LogP contribution in [0.1, 0.15) is 16.8 Å². The van der Waals surface area contributed by atoms with E-state index in [-0.39, 0.29) is 0 Å². The summed E-state index contributed by atoms with van der Waals surface area (Å²) in [5, 5.41) is 13.1. The molecule has 0 bridgehead atoms. The third-order valence-corrected chi connectivity index (χ3v) is 4.30. The zero-order valence-corrected chi connectivity index (χ0v) is 15.0. The summed E-state index contributed by atoms with van der Waals surface area (Å²) in [6.07, 6.45) is 3.15. The van der Waals surface area contributed by atoms with Crippen molar-refractivity contribution in [3.63, 3.8) is 0 Å². The van der Waals surface area contributed by atoms with Gasteiger partial charge in [-0.2, -0.15) is 5.26 Å². The third-order valence-electron chi connectivity index (χ3n) is 4.30. The molecule has 0 amide bonds. The summed E-state index contributed by atoms with van der Waals surface area (Å²) < 4.78 is 12.6. The first-order valence-electron chi connectivity index (χ1n) is 8.60. The van der Waals surface area contributed by atoms with Gasteiger partial charge in [-0.1, -0.05) is 12.1 Å². The van der Waals surface area contributed by atoms with Crippen LogP contribution in [0.5, 0.6) is 0 Å². The molecule has 0 saturated heterocycles. The number of nitrogens with one attached hydrogen (secondary N) is 1. The molecular formula is C21H15FN6. The van der Waals surface area contributed by atoms with Crippen LogP contribution < -0.4 is 5.32 Å². The minimum Gasteiger partial charge on any atom is -0.340 e. The molecule has 4 aromatic heterocycles. The number of aromatic nitrogens is 4. The number of aryl methyl sites for hydroxylation is 1. The average molecular weight is 370 g/mol. The van der Waals surface area contributed by atoms with E-state index in [1.165, 1.54) is 6.20 Å². The number of anilines is 2. The molecule has 7 heteroatoms. The molecule has 1 N–H and O–H groups in total. The SMILES string of the molecule is Cc1ccc(C#N)nc1-c1ccc2c(Nc3ccc(CF)cn3)ccnc2n1. The Balaban J connectivity index is 1.73. The maximum absolute atomic E-state index is 12.6. The summed E-state index contributed by atoms with van der Waals surface area (Å²) >= 11 is 0. The number of halogens is 1. The van der Waals surface area contributed by atoms with E-state index in [4.69, 9.17) is 5.26 Å². The predicted octanol–water partition coefficient (Wildman–Crippen LogP) is 4.48. The fourth-order valence-electron chi connectivity index (χ4n) is 2.84. The molecule has 0 atom stereocenters. The van der Waals surface area contributed by atoms with Gasteiger partial charge >= 0.3 is 0 Å². The van der Waals surface area contributed by atoms with E-state index in [1.54, 1.807) is 24.4 Å². The van der Waals surface area contributed by atoms with Crippen LogP contribution >= 0.6 is 0 Å². The summed E-state index contributed by atoms with van der Waals surface area (Å²) in [7, 11) is 0. The Kier molecular flexibility index (Phi) is 4.60. The lowest BCUT2D eigenvalue weighted by Crippen LogP contribution is -1.98. The van der Waals surface area contributed by atoms with Crippen molar-refractivity contribution in [2.24, 2.45) is 0 Å². The number of fused-ring (bicyclic) bond motifs is 1. The smallest absolute Gasteiger partial charge is 0.161 e. The number of alkyl halides is 1. The van der Waals surface area contributed by atoms with Gasteiger partial charge in [0.2, 0.25) is 0 Å². The highest BCUT2D eigenvalue weighted by atomic mass is 19.1. The van der Waals surface area contributed by atoms with Gasteiger partial charge < -0.3 is 5.32 Å². The van der Waals surface area contributed by atoms with Crippen LogP contribution in [0.2, 0.25) is 0 Å². The van der Waals surface area contributed by atoms with E-state index in [1.807, 2.05) is 31.2 Å². The molecule has 0 unspecified atom stereocenters. The summed E-state index contributed by atoms with van der Waals surface area (Å²) in [5.41, 5.74) is 4.44. The monoisotopic (exact) mass is 370 g/mol. The zero-order valence-electron chi connectivity index (χ0n) is 15.0. The maximum Gasteiger partial charge on any atom is 0.161 e. The molecule has 6 nitrogen and oxygen atoms in total. The fraction of sp³-hybridized carbons (Fsp3) is 0.0952. The molecule has 0 spiro atoms. The molecule has 136 valence electrons. The van der Waals surface area contributed by atoms with Crippen LogP contribution in [0, 0.1) is 18.3 Å². The first-order chi connectivity index (χ1) is 13.7. The van der Waals surface area contributed by atoms with E-state index >= 15 is 0 Å². The van der Waals surface area contributed by atoms with Gasteiger partial charge in [0.25, 0.3) is 0 Å². The Morgan fingerprint density at radius 1 is 1.04 bits per heavy atom. The van der Waals surface area contributed by atoms with E-state index in [0.29, 0.717) is 34.1 Å². The second-order valence-corrected chi connectivity index (χ2v) is 6.21. The molecule has 28 heavy (non-hydrogen) atoms. The van der Waals surface area contributed by atoms with Gasteiger partial charge in [-0.3, -0.25) is 0 Å². The lowest BCUT2D eigenvalue weighted by molar-refractivity contribution is 0.484. The molecular weight excluding hydrogens is 355 g/mol. The molecule has 0 fully saturated rings. The lowest BCUT2D eigenvalue weighted by Gasteiger charge is -2.10. The van der Waals surface area contributed by atoms with Gasteiger partial charge in [-0.25, -0.2) is 24.3 Å². The highest BCUT2D eigenvalue weighted by Gasteiger charge is 2.10. The molecule has 0 saturated carbocycles. The van der Waals surface area contributed by atoms with Gasteiger partial charge in [-0.15, -0.1) is 0 Å². The number of nitrogens with zero attached hydrogens (tertiary/aromatic N) is 5. The van der Waals surface area contributed by atoms with Gasteiger partial charge in [0.05, 0.1) is 17.1 Å². The van der Waals surface area contributed by atoms with Crippen LogP contribution in [0.4, 0.5) is 15.9 Å². The van der Waals surface area contributed by atoms with Gasteiger partial charge in [0.15, 0.2) is 5.65 Å². The van der Waals surface area contributed by atoms with Crippen LogP contribution in [-0.2, 0) is 6.67 Å². The maximum atomic E-state index is 12.6. The lowest BCUT2D eigenvalue weighted by atomic mass is 10.1. The fourth-order valence-corrected chi connectivity index (χ4v) is 2.84. The van der Waals surface area contributed by atoms with Crippen molar-refractivity contribution < 1.29 is 4.39 Å². The minimum atomic E-state index is -0.543. The molecule has 0 aliphatic heterocycles. The molecule has 0 aliphatic rings. The van der Waals surface area contributed by atoms with Gasteiger partial charge in [0, 0.05) is 23.3 Å². The Morgan fingerprint density at radius 2 is 1.93 bits per heavy atom. The minimum absolute atomic E-state index is 0.341. The normalized spacial score (nSPS) is 10.6. The first kappa shape index (κ1) is 17.5. The summed E-state index contributed by atoms with van der Waals surface area (Å²) in [5.74, 6) is 0.605. The predicted molar refractivity (Wildman–Crippen MR) is 105 cm³/mol. The molecule has 4 rings (SSSR count). The van der Waals surface area contributed by atoms with Gasteiger partial charge in [-0.05, 0) is 42.8 Å².